The number of amides is 1. The van der Waals surface area contributed by atoms with Crippen LogP contribution >= 0.6 is 11.8 Å². The predicted molar refractivity (Wildman–Crippen MR) is 117 cm³/mol. The number of hydrogen-bond donors (Lipinski definition) is 2. The molecule has 2 N–H and O–H groups in total. The van der Waals surface area contributed by atoms with Crippen LogP contribution in [0, 0.1) is 6.92 Å². The van der Waals surface area contributed by atoms with Crippen LogP contribution < -0.4 is 14.8 Å². The average Bonchev–Trinajstić information content (AvgIpc) is 3.10. The number of imidazole rings is 1. The van der Waals surface area contributed by atoms with Crippen LogP contribution in [0.25, 0.3) is 11.0 Å². The minimum Gasteiger partial charge on any atom is -0.490 e. The van der Waals surface area contributed by atoms with Gasteiger partial charge in [-0.15, -0.1) is 0 Å². The van der Waals surface area contributed by atoms with Gasteiger partial charge in [-0.2, -0.15) is 0 Å². The Morgan fingerprint density at radius 3 is 2.69 bits per heavy atom. The highest BCUT2D eigenvalue weighted by Gasteiger charge is 2.09. The van der Waals surface area contributed by atoms with Crippen LogP contribution in [0.1, 0.15) is 25.0 Å². The van der Waals surface area contributed by atoms with E-state index in [0.29, 0.717) is 25.5 Å². The molecule has 0 atom stereocenters. The first-order chi connectivity index (χ1) is 14.1. The lowest BCUT2D eigenvalue weighted by atomic mass is 10.1. The van der Waals surface area contributed by atoms with E-state index in [1.165, 1.54) is 17.3 Å². The summed E-state index contributed by atoms with van der Waals surface area (Å²) in [6.07, 6.45) is 0.729. The second kappa shape index (κ2) is 10.2. The summed E-state index contributed by atoms with van der Waals surface area (Å²) < 4.78 is 11.2. The number of nitrogens with one attached hydrogen (secondary N) is 2. The molecule has 7 heteroatoms. The molecule has 1 aromatic heterocycles. The topological polar surface area (TPSA) is 76.2 Å². The van der Waals surface area contributed by atoms with Crippen LogP contribution in [0.5, 0.6) is 11.5 Å². The molecule has 0 aliphatic carbocycles. The number of fused-ring (bicyclic) bond motifs is 1. The van der Waals surface area contributed by atoms with Crippen LogP contribution in [0.2, 0.25) is 0 Å². The SMILES string of the molecule is CCOc1ccc(CCNC(=O)CSc2nc3ccc(C)cc3[nH]2)cc1OCC. The normalized spacial score (nSPS) is 10.9. The Hall–Kier alpha value is -2.67. The number of hydrogen-bond acceptors (Lipinski definition) is 5. The molecular formula is C22H27N3O3S. The maximum atomic E-state index is 12.2. The molecule has 6 nitrogen and oxygen atoms in total. The standard InChI is InChI=1S/C22H27N3O3S/c1-4-27-19-9-7-16(13-20(19)28-5-2)10-11-23-21(26)14-29-22-24-17-8-6-15(3)12-18(17)25-22/h6-9,12-13H,4-5,10-11,14H2,1-3H3,(H,23,26)(H,24,25). The van der Waals surface area contributed by atoms with Crippen molar-refractivity contribution in [3.8, 4) is 11.5 Å². The highest BCUT2D eigenvalue weighted by Crippen LogP contribution is 2.28. The third-order valence-corrected chi connectivity index (χ3v) is 5.17. The van der Waals surface area contributed by atoms with Gasteiger partial charge in [0.25, 0.3) is 0 Å². The number of rotatable bonds is 10. The lowest BCUT2D eigenvalue weighted by Crippen LogP contribution is -2.27. The monoisotopic (exact) mass is 413 g/mol. The predicted octanol–water partition coefficient (Wildman–Crippen LogP) is 4.12. The zero-order valence-corrected chi connectivity index (χ0v) is 17.9. The molecule has 154 valence electrons. The van der Waals surface area contributed by atoms with Crippen molar-refractivity contribution in [2.75, 3.05) is 25.5 Å². The van der Waals surface area contributed by atoms with Crippen molar-refractivity contribution < 1.29 is 14.3 Å². The number of aromatic amines is 1. The van der Waals surface area contributed by atoms with E-state index in [1.54, 1.807) is 0 Å². The molecule has 0 bridgehead atoms. The zero-order valence-electron chi connectivity index (χ0n) is 17.1. The first-order valence-corrected chi connectivity index (χ1v) is 10.8. The molecule has 29 heavy (non-hydrogen) atoms. The van der Waals surface area contributed by atoms with Gasteiger partial charge in [-0.1, -0.05) is 23.9 Å². The average molecular weight is 414 g/mol. The van der Waals surface area contributed by atoms with Crippen molar-refractivity contribution in [1.29, 1.82) is 0 Å². The summed E-state index contributed by atoms with van der Waals surface area (Å²) in [5.74, 6) is 1.81. The molecular weight excluding hydrogens is 386 g/mol. The number of aryl methyl sites for hydroxylation is 1. The first kappa shape index (κ1) is 21.0. The summed E-state index contributed by atoms with van der Waals surface area (Å²) in [5, 5.41) is 3.72. The van der Waals surface area contributed by atoms with Crippen molar-refractivity contribution in [3.63, 3.8) is 0 Å². The van der Waals surface area contributed by atoms with E-state index in [9.17, 15) is 4.79 Å². The molecule has 0 saturated heterocycles. The van der Waals surface area contributed by atoms with Gasteiger partial charge in [0, 0.05) is 6.54 Å². The van der Waals surface area contributed by atoms with Gasteiger partial charge in [0.05, 0.1) is 30.0 Å². The second-order valence-corrected chi connectivity index (χ2v) is 7.56. The zero-order chi connectivity index (χ0) is 20.6. The van der Waals surface area contributed by atoms with Gasteiger partial charge in [-0.3, -0.25) is 4.79 Å². The lowest BCUT2D eigenvalue weighted by molar-refractivity contribution is -0.118. The van der Waals surface area contributed by atoms with E-state index in [4.69, 9.17) is 9.47 Å². The summed E-state index contributed by atoms with van der Waals surface area (Å²) in [6.45, 7) is 7.68. The Balaban J connectivity index is 1.47. The summed E-state index contributed by atoms with van der Waals surface area (Å²) in [5.41, 5.74) is 4.18. The molecule has 0 radical (unpaired) electrons. The van der Waals surface area contributed by atoms with Crippen LogP contribution in [0.15, 0.2) is 41.6 Å². The smallest absolute Gasteiger partial charge is 0.230 e. The minimum atomic E-state index is -0.0115. The van der Waals surface area contributed by atoms with E-state index >= 15 is 0 Å². The van der Waals surface area contributed by atoms with Gasteiger partial charge in [-0.25, -0.2) is 4.98 Å². The van der Waals surface area contributed by atoms with E-state index < -0.39 is 0 Å². The molecule has 1 amide bonds. The Kier molecular flexibility index (Phi) is 7.41. The molecule has 2 aromatic carbocycles. The second-order valence-electron chi connectivity index (χ2n) is 6.60. The molecule has 0 spiro atoms. The van der Waals surface area contributed by atoms with E-state index in [1.807, 2.05) is 51.1 Å². The number of thioether (sulfide) groups is 1. The fourth-order valence-electron chi connectivity index (χ4n) is 2.95. The van der Waals surface area contributed by atoms with Gasteiger partial charge >= 0.3 is 0 Å². The Morgan fingerprint density at radius 2 is 1.90 bits per heavy atom. The molecule has 0 aliphatic heterocycles. The van der Waals surface area contributed by atoms with Crippen molar-refractivity contribution in [2.24, 2.45) is 0 Å². The molecule has 0 fully saturated rings. The summed E-state index contributed by atoms with van der Waals surface area (Å²) in [6, 6.07) is 12.0. The first-order valence-electron chi connectivity index (χ1n) is 9.83. The number of nitrogens with zero attached hydrogens (tertiary/aromatic N) is 1. The van der Waals surface area contributed by atoms with Crippen LogP contribution in [0.4, 0.5) is 0 Å². The molecule has 0 unspecified atom stereocenters. The lowest BCUT2D eigenvalue weighted by Gasteiger charge is -2.12. The molecule has 0 saturated carbocycles. The van der Waals surface area contributed by atoms with Crippen LogP contribution in [-0.4, -0.2) is 41.4 Å². The quantitative estimate of drug-likeness (QED) is 0.489. The van der Waals surface area contributed by atoms with Crippen LogP contribution in [0.3, 0.4) is 0 Å². The van der Waals surface area contributed by atoms with E-state index in [2.05, 4.69) is 21.4 Å². The summed E-state index contributed by atoms with van der Waals surface area (Å²) in [4.78, 5) is 19.9. The molecule has 0 aliphatic rings. The maximum absolute atomic E-state index is 12.2. The van der Waals surface area contributed by atoms with E-state index in [-0.39, 0.29) is 5.91 Å². The fraction of sp³-hybridized carbons (Fsp3) is 0.364. The van der Waals surface area contributed by atoms with Gasteiger partial charge < -0.3 is 19.8 Å². The number of H-pyrrole nitrogens is 1. The minimum absolute atomic E-state index is 0.0115. The number of aromatic nitrogens is 2. The number of carbonyl (C=O) groups is 1. The summed E-state index contributed by atoms with van der Waals surface area (Å²) in [7, 11) is 0. The Morgan fingerprint density at radius 1 is 1.10 bits per heavy atom. The summed E-state index contributed by atoms with van der Waals surface area (Å²) >= 11 is 1.41. The highest BCUT2D eigenvalue weighted by molar-refractivity contribution is 7.99. The molecule has 1 heterocycles. The van der Waals surface area contributed by atoms with Gasteiger partial charge in [0.15, 0.2) is 16.7 Å². The largest absolute Gasteiger partial charge is 0.490 e. The molecule has 3 rings (SSSR count). The van der Waals surface area contributed by atoms with Crippen molar-refractivity contribution in [3.05, 3.63) is 47.5 Å². The van der Waals surface area contributed by atoms with Gasteiger partial charge in [-0.05, 0) is 62.6 Å². The third-order valence-electron chi connectivity index (χ3n) is 4.30. The number of benzene rings is 2. The highest BCUT2D eigenvalue weighted by atomic mass is 32.2. The number of carbonyl (C=O) groups excluding carboxylic acids is 1. The Labute approximate surface area is 175 Å². The van der Waals surface area contributed by atoms with Gasteiger partial charge in [0.1, 0.15) is 0 Å². The van der Waals surface area contributed by atoms with Crippen LogP contribution in [-0.2, 0) is 11.2 Å². The van der Waals surface area contributed by atoms with Crippen molar-refractivity contribution >= 4 is 28.7 Å². The number of ether oxygens (including phenoxy) is 2. The van der Waals surface area contributed by atoms with Crippen molar-refractivity contribution in [1.82, 2.24) is 15.3 Å². The van der Waals surface area contributed by atoms with Gasteiger partial charge in [0.2, 0.25) is 5.91 Å². The van der Waals surface area contributed by atoms with E-state index in [0.717, 1.165) is 39.7 Å². The maximum Gasteiger partial charge on any atom is 0.230 e. The van der Waals surface area contributed by atoms with Crippen molar-refractivity contribution in [2.45, 2.75) is 32.3 Å². The Bertz CT molecular complexity index is 971. The molecule has 3 aromatic rings. The third kappa shape index (κ3) is 5.90. The fourth-order valence-corrected chi connectivity index (χ4v) is 3.67.